The summed E-state index contributed by atoms with van der Waals surface area (Å²) in [6, 6.07) is 42.8. The minimum absolute atomic E-state index is 0.954. The zero-order valence-corrected chi connectivity index (χ0v) is 21.6. The van der Waals surface area contributed by atoms with Crippen LogP contribution in [0.2, 0.25) is 0 Å². The Labute approximate surface area is 227 Å². The zero-order valence-electron chi connectivity index (χ0n) is 20.7. The normalized spacial score (nSPS) is 12.1. The molecule has 0 amide bonds. The molecule has 0 saturated carbocycles. The van der Waals surface area contributed by atoms with Gasteiger partial charge >= 0.3 is 0 Å². The molecule has 4 aromatic carbocycles. The fourth-order valence-corrected chi connectivity index (χ4v) is 6.94. The highest BCUT2D eigenvalue weighted by molar-refractivity contribution is 7.18. The summed E-state index contributed by atoms with van der Waals surface area (Å²) in [5.41, 5.74) is 6.68. The number of aromatic nitrogens is 4. The molecular formula is C34H20N4S. The summed E-state index contributed by atoms with van der Waals surface area (Å²) in [5, 5.41) is 4.74. The second-order valence-corrected chi connectivity index (χ2v) is 11.0. The lowest BCUT2D eigenvalue weighted by atomic mass is 10.2. The van der Waals surface area contributed by atoms with Crippen molar-refractivity contribution in [1.82, 2.24) is 18.8 Å². The van der Waals surface area contributed by atoms with E-state index in [1.807, 2.05) is 0 Å². The van der Waals surface area contributed by atoms with Gasteiger partial charge in [0.1, 0.15) is 0 Å². The van der Waals surface area contributed by atoms with E-state index in [9.17, 15) is 0 Å². The zero-order chi connectivity index (χ0) is 25.5. The number of rotatable bonds is 2. The van der Waals surface area contributed by atoms with Gasteiger partial charge in [-0.25, -0.2) is 9.97 Å². The molecule has 182 valence electrons. The van der Waals surface area contributed by atoms with E-state index >= 15 is 0 Å². The SMILES string of the molecule is c1ccc2c(c1)cc1c3ccccc3nc(-c3ccc(-c4nc5ccccc5c5cc6ccccc6n45)s3)n21. The Morgan fingerprint density at radius 1 is 0.436 bits per heavy atom. The van der Waals surface area contributed by atoms with Gasteiger partial charge in [0.15, 0.2) is 11.6 Å². The molecule has 5 heterocycles. The first kappa shape index (κ1) is 21.0. The van der Waals surface area contributed by atoms with E-state index in [1.54, 1.807) is 11.3 Å². The Kier molecular flexibility index (Phi) is 4.18. The van der Waals surface area contributed by atoms with Crippen LogP contribution in [0.15, 0.2) is 121 Å². The summed E-state index contributed by atoms with van der Waals surface area (Å²) >= 11 is 1.74. The summed E-state index contributed by atoms with van der Waals surface area (Å²) in [4.78, 5) is 12.6. The van der Waals surface area contributed by atoms with Gasteiger partial charge in [0.25, 0.3) is 0 Å². The smallest absolute Gasteiger partial charge is 0.155 e. The van der Waals surface area contributed by atoms with Crippen molar-refractivity contribution in [1.29, 1.82) is 0 Å². The summed E-state index contributed by atoms with van der Waals surface area (Å²) in [6.45, 7) is 0. The second-order valence-electron chi connectivity index (χ2n) is 9.92. The third kappa shape index (κ3) is 2.93. The Balaban J connectivity index is 1.35. The van der Waals surface area contributed by atoms with Crippen molar-refractivity contribution in [3.63, 3.8) is 0 Å². The molecule has 9 aromatic rings. The molecule has 0 spiro atoms. The molecular weight excluding hydrogens is 496 g/mol. The monoisotopic (exact) mass is 516 g/mol. The van der Waals surface area contributed by atoms with E-state index in [0.717, 1.165) is 43.2 Å². The van der Waals surface area contributed by atoms with Crippen LogP contribution in [0.1, 0.15) is 0 Å². The van der Waals surface area contributed by atoms with Crippen molar-refractivity contribution in [2.75, 3.05) is 0 Å². The maximum atomic E-state index is 5.20. The quantitative estimate of drug-likeness (QED) is 0.230. The number of hydrogen-bond donors (Lipinski definition) is 0. The van der Waals surface area contributed by atoms with E-state index < -0.39 is 0 Å². The van der Waals surface area contributed by atoms with Gasteiger partial charge < -0.3 is 0 Å². The second kappa shape index (κ2) is 7.76. The molecule has 0 atom stereocenters. The third-order valence-electron chi connectivity index (χ3n) is 7.70. The fraction of sp³-hybridized carbons (Fsp3) is 0. The molecule has 0 fully saturated rings. The number of nitrogens with zero attached hydrogens (tertiary/aromatic N) is 4. The van der Waals surface area contributed by atoms with E-state index in [-0.39, 0.29) is 0 Å². The lowest BCUT2D eigenvalue weighted by Gasteiger charge is -2.09. The summed E-state index contributed by atoms with van der Waals surface area (Å²) in [7, 11) is 0. The minimum atomic E-state index is 0.954. The first-order valence-electron chi connectivity index (χ1n) is 13.0. The van der Waals surface area contributed by atoms with Crippen molar-refractivity contribution < 1.29 is 0 Å². The van der Waals surface area contributed by atoms with Crippen LogP contribution >= 0.6 is 11.3 Å². The first-order valence-corrected chi connectivity index (χ1v) is 13.8. The Morgan fingerprint density at radius 3 is 1.38 bits per heavy atom. The highest BCUT2D eigenvalue weighted by atomic mass is 32.1. The van der Waals surface area contributed by atoms with E-state index in [4.69, 9.17) is 9.97 Å². The molecule has 5 aromatic heterocycles. The molecule has 0 radical (unpaired) electrons. The summed E-state index contributed by atoms with van der Waals surface area (Å²) in [5.74, 6) is 1.91. The van der Waals surface area contributed by atoms with Crippen molar-refractivity contribution in [2.24, 2.45) is 0 Å². The highest BCUT2D eigenvalue weighted by Gasteiger charge is 2.19. The van der Waals surface area contributed by atoms with E-state index in [0.29, 0.717) is 0 Å². The first-order chi connectivity index (χ1) is 19.3. The van der Waals surface area contributed by atoms with Crippen LogP contribution < -0.4 is 0 Å². The standard InChI is InChI=1S/C34H20N4S/c1-7-15-27-21(9-1)19-29-23-11-3-5-13-25(23)35-33(37(27)29)31-17-18-32(39-31)34-36-26-14-6-4-12-24(26)30-20-22-10-2-8-16-28(22)38(30)34/h1-20H. The predicted octanol–water partition coefficient (Wildman–Crippen LogP) is 8.99. The highest BCUT2D eigenvalue weighted by Crippen LogP contribution is 2.39. The van der Waals surface area contributed by atoms with Gasteiger partial charge in [-0.3, -0.25) is 8.80 Å². The Bertz CT molecular complexity index is 2240. The molecule has 0 bridgehead atoms. The Hall–Kier alpha value is -5.00. The van der Waals surface area contributed by atoms with Crippen LogP contribution in [0.25, 0.3) is 76.0 Å². The van der Waals surface area contributed by atoms with Gasteiger partial charge in [0.2, 0.25) is 0 Å². The summed E-state index contributed by atoms with van der Waals surface area (Å²) < 4.78 is 4.61. The molecule has 4 nitrogen and oxygen atoms in total. The molecule has 0 N–H and O–H groups in total. The van der Waals surface area contributed by atoms with Crippen LogP contribution in [0.3, 0.4) is 0 Å². The van der Waals surface area contributed by atoms with Crippen LogP contribution in [-0.2, 0) is 0 Å². The number of para-hydroxylation sites is 4. The largest absolute Gasteiger partial charge is 0.293 e. The van der Waals surface area contributed by atoms with Gasteiger partial charge in [-0.15, -0.1) is 11.3 Å². The van der Waals surface area contributed by atoms with E-state index in [2.05, 4.69) is 130 Å². The van der Waals surface area contributed by atoms with Crippen molar-refractivity contribution >= 4 is 66.0 Å². The van der Waals surface area contributed by atoms with Crippen molar-refractivity contribution in [2.45, 2.75) is 0 Å². The lowest BCUT2D eigenvalue weighted by Crippen LogP contribution is -1.96. The van der Waals surface area contributed by atoms with E-state index in [1.165, 1.54) is 32.8 Å². The topological polar surface area (TPSA) is 34.6 Å². The van der Waals surface area contributed by atoms with Gasteiger partial charge in [-0.05, 0) is 48.5 Å². The van der Waals surface area contributed by atoms with Crippen LogP contribution in [0.4, 0.5) is 0 Å². The summed E-state index contributed by atoms with van der Waals surface area (Å²) in [6.07, 6.45) is 0. The van der Waals surface area contributed by atoms with Crippen molar-refractivity contribution in [3.8, 4) is 21.4 Å². The fourth-order valence-electron chi connectivity index (χ4n) is 5.97. The molecule has 39 heavy (non-hydrogen) atoms. The average molecular weight is 517 g/mol. The van der Waals surface area contributed by atoms with Crippen LogP contribution in [0, 0.1) is 0 Å². The number of fused-ring (bicyclic) bond motifs is 10. The van der Waals surface area contributed by atoms with Crippen LogP contribution in [-0.4, -0.2) is 18.8 Å². The molecule has 0 saturated heterocycles. The predicted molar refractivity (Wildman–Crippen MR) is 163 cm³/mol. The van der Waals surface area contributed by atoms with Gasteiger partial charge in [0, 0.05) is 21.5 Å². The lowest BCUT2D eigenvalue weighted by molar-refractivity contribution is 1.18. The average Bonchev–Trinajstić information content (AvgIpc) is 3.72. The Morgan fingerprint density at radius 2 is 0.872 bits per heavy atom. The maximum Gasteiger partial charge on any atom is 0.155 e. The number of thiophene rings is 1. The number of benzene rings is 4. The molecule has 0 aliphatic rings. The number of hydrogen-bond acceptors (Lipinski definition) is 3. The van der Waals surface area contributed by atoms with Crippen molar-refractivity contribution in [3.05, 3.63) is 121 Å². The maximum absolute atomic E-state index is 5.20. The molecule has 0 unspecified atom stereocenters. The van der Waals surface area contributed by atoms with Crippen LogP contribution in [0.5, 0.6) is 0 Å². The molecule has 9 rings (SSSR count). The third-order valence-corrected chi connectivity index (χ3v) is 8.78. The molecule has 0 aliphatic carbocycles. The molecule has 0 aliphatic heterocycles. The van der Waals surface area contributed by atoms with Gasteiger partial charge in [0.05, 0.1) is 42.9 Å². The van der Waals surface area contributed by atoms with Gasteiger partial charge in [-0.1, -0.05) is 72.8 Å². The van der Waals surface area contributed by atoms with Gasteiger partial charge in [-0.2, -0.15) is 0 Å². The molecule has 5 heteroatoms. The minimum Gasteiger partial charge on any atom is -0.293 e.